The van der Waals surface area contributed by atoms with Gasteiger partial charge in [-0.1, -0.05) is 19.1 Å². The molecule has 1 aromatic rings. The van der Waals surface area contributed by atoms with Gasteiger partial charge in [-0.2, -0.15) is 0 Å². The number of carboxylic acid groups (broad SMARTS) is 1. The maximum atomic E-state index is 12.5. The van der Waals surface area contributed by atoms with Gasteiger partial charge < -0.3 is 15.7 Å². The summed E-state index contributed by atoms with van der Waals surface area (Å²) in [6.45, 7) is 3.63. The van der Waals surface area contributed by atoms with Crippen LogP contribution in [0.2, 0.25) is 0 Å². The third-order valence-corrected chi connectivity index (χ3v) is 4.21. The van der Waals surface area contributed by atoms with Crippen LogP contribution in [0.15, 0.2) is 24.3 Å². The van der Waals surface area contributed by atoms with Crippen molar-refractivity contribution in [2.45, 2.75) is 32.6 Å². The van der Waals surface area contributed by atoms with E-state index in [1.165, 1.54) is 0 Å². The number of benzene rings is 1. The van der Waals surface area contributed by atoms with Crippen LogP contribution >= 0.6 is 0 Å². The molecule has 1 atom stereocenters. The first kappa shape index (κ1) is 15.5. The molecular formula is C16H22N2O3. The number of rotatable bonds is 6. The van der Waals surface area contributed by atoms with Crippen molar-refractivity contribution >= 4 is 17.6 Å². The molecule has 5 nitrogen and oxygen atoms in total. The Morgan fingerprint density at radius 3 is 2.86 bits per heavy atom. The standard InChI is InChI=1S/C16H22N2O3/c1-2-16(8-9-17-11-16)15(21)18-13-5-3-4-12(10-13)6-7-14(19)20/h3-5,10,17H,2,6-9,11H2,1H3,(H,18,21)(H,19,20). The van der Waals surface area contributed by atoms with Gasteiger partial charge in [0.2, 0.25) is 5.91 Å². The van der Waals surface area contributed by atoms with E-state index in [0.717, 1.165) is 30.6 Å². The average Bonchev–Trinajstić information content (AvgIpc) is 2.96. The Morgan fingerprint density at radius 1 is 1.43 bits per heavy atom. The van der Waals surface area contributed by atoms with Crippen molar-refractivity contribution in [2.24, 2.45) is 5.41 Å². The molecule has 21 heavy (non-hydrogen) atoms. The number of carbonyl (C=O) groups excluding carboxylic acids is 1. The molecule has 0 aromatic heterocycles. The Morgan fingerprint density at radius 2 is 2.24 bits per heavy atom. The zero-order chi connectivity index (χ0) is 15.3. The number of carboxylic acids is 1. The Kier molecular flexibility index (Phi) is 4.96. The van der Waals surface area contributed by atoms with Crippen LogP contribution in [0, 0.1) is 5.41 Å². The molecule has 0 bridgehead atoms. The van der Waals surface area contributed by atoms with Gasteiger partial charge in [0.25, 0.3) is 0 Å². The Hall–Kier alpha value is -1.88. The molecule has 0 spiro atoms. The molecule has 1 fully saturated rings. The molecule has 0 aliphatic carbocycles. The lowest BCUT2D eigenvalue weighted by molar-refractivity contribution is -0.137. The van der Waals surface area contributed by atoms with E-state index in [9.17, 15) is 9.59 Å². The van der Waals surface area contributed by atoms with E-state index in [4.69, 9.17) is 5.11 Å². The highest BCUT2D eigenvalue weighted by Crippen LogP contribution is 2.31. The molecule has 1 amide bonds. The molecule has 2 rings (SSSR count). The molecule has 1 unspecified atom stereocenters. The van der Waals surface area contributed by atoms with Crippen molar-refractivity contribution in [1.29, 1.82) is 0 Å². The smallest absolute Gasteiger partial charge is 0.303 e. The summed E-state index contributed by atoms with van der Waals surface area (Å²) in [7, 11) is 0. The van der Waals surface area contributed by atoms with Crippen LogP contribution in [-0.2, 0) is 16.0 Å². The minimum absolute atomic E-state index is 0.0467. The van der Waals surface area contributed by atoms with Crippen LogP contribution in [0.1, 0.15) is 31.7 Å². The highest BCUT2D eigenvalue weighted by molar-refractivity contribution is 5.95. The summed E-state index contributed by atoms with van der Waals surface area (Å²) in [5.41, 5.74) is 1.34. The van der Waals surface area contributed by atoms with Gasteiger partial charge in [0.05, 0.1) is 5.41 Å². The fraction of sp³-hybridized carbons (Fsp3) is 0.500. The minimum Gasteiger partial charge on any atom is -0.481 e. The van der Waals surface area contributed by atoms with Gasteiger partial charge in [0.15, 0.2) is 0 Å². The van der Waals surface area contributed by atoms with Gasteiger partial charge in [-0.05, 0) is 43.5 Å². The van der Waals surface area contributed by atoms with E-state index in [0.29, 0.717) is 13.0 Å². The van der Waals surface area contributed by atoms with Crippen LogP contribution < -0.4 is 10.6 Å². The van der Waals surface area contributed by atoms with E-state index in [1.807, 2.05) is 31.2 Å². The number of aryl methyl sites for hydroxylation is 1. The monoisotopic (exact) mass is 290 g/mol. The first-order valence-electron chi connectivity index (χ1n) is 7.39. The van der Waals surface area contributed by atoms with Crippen LogP contribution in [0.4, 0.5) is 5.69 Å². The van der Waals surface area contributed by atoms with E-state index in [-0.39, 0.29) is 17.7 Å². The Labute approximate surface area is 124 Å². The highest BCUT2D eigenvalue weighted by Gasteiger charge is 2.39. The summed E-state index contributed by atoms with van der Waals surface area (Å²) >= 11 is 0. The summed E-state index contributed by atoms with van der Waals surface area (Å²) in [5.74, 6) is -0.767. The summed E-state index contributed by atoms with van der Waals surface area (Å²) in [5, 5.41) is 14.9. The van der Waals surface area contributed by atoms with Gasteiger partial charge >= 0.3 is 5.97 Å². The van der Waals surface area contributed by atoms with E-state index in [2.05, 4.69) is 10.6 Å². The second kappa shape index (κ2) is 6.72. The zero-order valence-electron chi connectivity index (χ0n) is 12.3. The predicted octanol–water partition coefficient (Wildman–Crippen LogP) is 2.03. The van der Waals surface area contributed by atoms with Gasteiger partial charge in [0, 0.05) is 18.7 Å². The first-order chi connectivity index (χ1) is 10.1. The molecule has 1 heterocycles. The molecule has 5 heteroatoms. The van der Waals surface area contributed by atoms with E-state index >= 15 is 0 Å². The fourth-order valence-electron chi connectivity index (χ4n) is 2.72. The normalized spacial score (nSPS) is 21.2. The highest BCUT2D eigenvalue weighted by atomic mass is 16.4. The maximum absolute atomic E-state index is 12.5. The summed E-state index contributed by atoms with van der Waals surface area (Å²) in [6, 6.07) is 7.42. The van der Waals surface area contributed by atoms with Crippen molar-refractivity contribution in [2.75, 3.05) is 18.4 Å². The molecule has 0 radical (unpaired) electrons. The molecule has 3 N–H and O–H groups in total. The van der Waals surface area contributed by atoms with Gasteiger partial charge in [-0.3, -0.25) is 9.59 Å². The number of amides is 1. The third-order valence-electron chi connectivity index (χ3n) is 4.21. The number of carbonyl (C=O) groups is 2. The van der Waals surface area contributed by atoms with Crippen molar-refractivity contribution in [3.05, 3.63) is 29.8 Å². The number of nitrogens with one attached hydrogen (secondary N) is 2. The molecule has 0 saturated carbocycles. The van der Waals surface area contributed by atoms with Crippen molar-refractivity contribution in [3.8, 4) is 0 Å². The second-order valence-electron chi connectivity index (χ2n) is 5.61. The van der Waals surface area contributed by atoms with Crippen LogP contribution in [0.3, 0.4) is 0 Å². The predicted molar refractivity (Wildman–Crippen MR) is 81.2 cm³/mol. The fourth-order valence-corrected chi connectivity index (χ4v) is 2.72. The average molecular weight is 290 g/mol. The molecule has 1 aromatic carbocycles. The van der Waals surface area contributed by atoms with Crippen molar-refractivity contribution < 1.29 is 14.7 Å². The maximum Gasteiger partial charge on any atom is 0.303 e. The third kappa shape index (κ3) is 3.82. The number of hydrogen-bond acceptors (Lipinski definition) is 3. The van der Waals surface area contributed by atoms with Crippen LogP contribution in [-0.4, -0.2) is 30.1 Å². The van der Waals surface area contributed by atoms with Crippen LogP contribution in [0.25, 0.3) is 0 Å². The second-order valence-corrected chi connectivity index (χ2v) is 5.61. The summed E-state index contributed by atoms with van der Waals surface area (Å²) < 4.78 is 0. The van der Waals surface area contributed by atoms with Crippen molar-refractivity contribution in [3.63, 3.8) is 0 Å². The largest absolute Gasteiger partial charge is 0.481 e. The summed E-state index contributed by atoms with van der Waals surface area (Å²) in [6.07, 6.45) is 2.23. The lowest BCUT2D eigenvalue weighted by Crippen LogP contribution is -2.37. The Bertz CT molecular complexity index is 522. The minimum atomic E-state index is -0.814. The number of anilines is 1. The van der Waals surface area contributed by atoms with Gasteiger partial charge in [-0.15, -0.1) is 0 Å². The molecular weight excluding hydrogens is 268 g/mol. The topological polar surface area (TPSA) is 78.4 Å². The molecule has 114 valence electrons. The van der Waals surface area contributed by atoms with E-state index < -0.39 is 5.97 Å². The number of aliphatic carboxylic acids is 1. The lowest BCUT2D eigenvalue weighted by Gasteiger charge is -2.25. The van der Waals surface area contributed by atoms with Crippen molar-refractivity contribution in [1.82, 2.24) is 5.32 Å². The zero-order valence-corrected chi connectivity index (χ0v) is 12.3. The molecule has 1 aliphatic rings. The van der Waals surface area contributed by atoms with Gasteiger partial charge in [-0.25, -0.2) is 0 Å². The van der Waals surface area contributed by atoms with E-state index in [1.54, 1.807) is 0 Å². The molecule has 1 aliphatic heterocycles. The quantitative estimate of drug-likeness (QED) is 0.749. The summed E-state index contributed by atoms with van der Waals surface area (Å²) in [4.78, 5) is 23.1. The molecule has 1 saturated heterocycles. The van der Waals surface area contributed by atoms with Crippen LogP contribution in [0.5, 0.6) is 0 Å². The van der Waals surface area contributed by atoms with Gasteiger partial charge in [0.1, 0.15) is 0 Å². The Balaban J connectivity index is 2.03. The SMILES string of the molecule is CCC1(C(=O)Nc2cccc(CCC(=O)O)c2)CCNC1. The lowest BCUT2D eigenvalue weighted by atomic mass is 9.83. The first-order valence-corrected chi connectivity index (χ1v) is 7.39. The number of hydrogen-bond donors (Lipinski definition) is 3.